The van der Waals surface area contributed by atoms with E-state index in [-0.39, 0.29) is 0 Å². The molecule has 0 spiro atoms. The van der Waals surface area contributed by atoms with Crippen molar-refractivity contribution in [1.82, 2.24) is 0 Å². The highest BCUT2D eigenvalue weighted by Crippen LogP contribution is 2.28. The molecule has 3 nitrogen and oxygen atoms in total. The van der Waals surface area contributed by atoms with Gasteiger partial charge in [-0.05, 0) is 43.5 Å². The van der Waals surface area contributed by atoms with E-state index in [1.807, 2.05) is 37.3 Å². The second-order valence-corrected chi connectivity index (χ2v) is 4.92. The molecule has 100 valence electrons. The Morgan fingerprint density at radius 3 is 2.68 bits per heavy atom. The number of anilines is 3. The summed E-state index contributed by atoms with van der Waals surface area (Å²) < 4.78 is 5.49. The molecule has 0 saturated heterocycles. The number of rotatable bonds is 5. The van der Waals surface area contributed by atoms with E-state index < -0.39 is 0 Å². The van der Waals surface area contributed by atoms with Crippen LogP contribution in [0.4, 0.5) is 17.1 Å². The van der Waals surface area contributed by atoms with E-state index >= 15 is 0 Å². The Hall–Kier alpha value is -1.81. The summed E-state index contributed by atoms with van der Waals surface area (Å²) in [6.07, 6.45) is 2.07. The maximum absolute atomic E-state index is 5.86. The summed E-state index contributed by atoms with van der Waals surface area (Å²) in [6, 6.07) is 14.0. The molecule has 2 aromatic carbocycles. The molecule has 0 saturated carbocycles. The van der Waals surface area contributed by atoms with Crippen LogP contribution in [0.1, 0.15) is 6.92 Å². The first-order chi connectivity index (χ1) is 9.22. The molecule has 0 unspecified atom stereocenters. The van der Waals surface area contributed by atoms with Crippen molar-refractivity contribution in [3.05, 3.63) is 42.5 Å². The van der Waals surface area contributed by atoms with Crippen LogP contribution in [0.2, 0.25) is 0 Å². The molecule has 0 bridgehead atoms. The molecule has 0 amide bonds. The molecule has 0 aliphatic carbocycles. The molecule has 0 atom stereocenters. The van der Waals surface area contributed by atoms with Gasteiger partial charge in [0, 0.05) is 22.3 Å². The molecular weight excluding hydrogens is 256 g/mol. The predicted molar refractivity (Wildman–Crippen MR) is 83.5 cm³/mol. The quantitative estimate of drug-likeness (QED) is 0.635. The molecule has 0 heterocycles. The molecular formula is C15H18N2OS. The van der Waals surface area contributed by atoms with Crippen molar-refractivity contribution >= 4 is 28.8 Å². The third kappa shape index (κ3) is 3.58. The van der Waals surface area contributed by atoms with Gasteiger partial charge in [-0.2, -0.15) is 0 Å². The van der Waals surface area contributed by atoms with Crippen LogP contribution in [-0.2, 0) is 0 Å². The second kappa shape index (κ2) is 6.38. The summed E-state index contributed by atoms with van der Waals surface area (Å²) >= 11 is 1.72. The maximum atomic E-state index is 5.86. The van der Waals surface area contributed by atoms with Crippen LogP contribution < -0.4 is 15.8 Å². The summed E-state index contributed by atoms with van der Waals surface area (Å²) in [7, 11) is 0. The number of benzene rings is 2. The fourth-order valence-electron chi connectivity index (χ4n) is 1.76. The monoisotopic (exact) mass is 274 g/mol. The van der Waals surface area contributed by atoms with E-state index in [1.165, 1.54) is 4.90 Å². The Morgan fingerprint density at radius 1 is 1.16 bits per heavy atom. The van der Waals surface area contributed by atoms with Gasteiger partial charge in [-0.1, -0.05) is 6.07 Å². The second-order valence-electron chi connectivity index (χ2n) is 4.04. The fraction of sp³-hybridized carbons (Fsp3) is 0.200. The van der Waals surface area contributed by atoms with Gasteiger partial charge in [-0.15, -0.1) is 11.8 Å². The van der Waals surface area contributed by atoms with Gasteiger partial charge < -0.3 is 15.8 Å². The van der Waals surface area contributed by atoms with Crippen molar-refractivity contribution in [3.8, 4) is 5.75 Å². The minimum absolute atomic E-state index is 0.607. The average molecular weight is 274 g/mol. The first-order valence-electron chi connectivity index (χ1n) is 6.16. The predicted octanol–water partition coefficient (Wildman–Crippen LogP) is 4.13. The Bertz CT molecular complexity index is 558. The largest absolute Gasteiger partial charge is 0.492 e. The zero-order valence-corrected chi connectivity index (χ0v) is 12.0. The zero-order valence-electron chi connectivity index (χ0n) is 11.1. The fourth-order valence-corrected chi connectivity index (χ4v) is 2.22. The highest BCUT2D eigenvalue weighted by atomic mass is 32.2. The lowest BCUT2D eigenvalue weighted by Gasteiger charge is -2.11. The summed E-state index contributed by atoms with van der Waals surface area (Å²) in [6.45, 7) is 2.55. The van der Waals surface area contributed by atoms with Crippen LogP contribution in [0.15, 0.2) is 47.4 Å². The van der Waals surface area contributed by atoms with E-state index in [0.29, 0.717) is 18.0 Å². The molecule has 2 aromatic rings. The van der Waals surface area contributed by atoms with E-state index in [2.05, 4.69) is 23.7 Å². The van der Waals surface area contributed by atoms with Crippen LogP contribution in [0.25, 0.3) is 0 Å². The lowest BCUT2D eigenvalue weighted by atomic mass is 10.2. The summed E-state index contributed by atoms with van der Waals surface area (Å²) in [5.74, 6) is 0.716. The van der Waals surface area contributed by atoms with Gasteiger partial charge in [-0.3, -0.25) is 0 Å². The van der Waals surface area contributed by atoms with Gasteiger partial charge in [0.2, 0.25) is 0 Å². The summed E-state index contributed by atoms with van der Waals surface area (Å²) in [4.78, 5) is 1.23. The number of hydrogen-bond donors (Lipinski definition) is 2. The van der Waals surface area contributed by atoms with Crippen molar-refractivity contribution in [3.63, 3.8) is 0 Å². The first-order valence-corrected chi connectivity index (χ1v) is 7.39. The van der Waals surface area contributed by atoms with Crippen LogP contribution in [0, 0.1) is 0 Å². The van der Waals surface area contributed by atoms with Crippen molar-refractivity contribution in [2.75, 3.05) is 23.9 Å². The van der Waals surface area contributed by atoms with Gasteiger partial charge >= 0.3 is 0 Å². The van der Waals surface area contributed by atoms with Gasteiger partial charge in [0.1, 0.15) is 5.75 Å². The number of nitrogens with two attached hydrogens (primary N) is 1. The lowest BCUT2D eigenvalue weighted by molar-refractivity contribution is 0.342. The standard InChI is InChI=1S/C15H18N2OS/c1-3-18-15-10-12(7-8-14(15)16)17-11-5-4-6-13(9-11)19-2/h4-10,17H,3,16H2,1-2H3. The van der Waals surface area contributed by atoms with Crippen molar-refractivity contribution in [2.24, 2.45) is 0 Å². The van der Waals surface area contributed by atoms with Crippen molar-refractivity contribution in [1.29, 1.82) is 0 Å². The van der Waals surface area contributed by atoms with E-state index in [4.69, 9.17) is 10.5 Å². The number of hydrogen-bond acceptors (Lipinski definition) is 4. The SMILES string of the molecule is CCOc1cc(Nc2cccc(SC)c2)ccc1N. The number of nitrogen functional groups attached to an aromatic ring is 1. The van der Waals surface area contributed by atoms with Crippen LogP contribution in [0.5, 0.6) is 5.75 Å². The third-order valence-electron chi connectivity index (χ3n) is 2.67. The Labute approximate surface area is 118 Å². The molecule has 2 rings (SSSR count). The molecule has 0 aromatic heterocycles. The number of ether oxygens (including phenoxy) is 1. The van der Waals surface area contributed by atoms with Crippen molar-refractivity contribution < 1.29 is 4.74 Å². The van der Waals surface area contributed by atoms with E-state index in [0.717, 1.165) is 11.4 Å². The summed E-state index contributed by atoms with van der Waals surface area (Å²) in [5, 5.41) is 3.36. The molecule has 0 fully saturated rings. The smallest absolute Gasteiger partial charge is 0.144 e. The minimum Gasteiger partial charge on any atom is -0.492 e. The van der Waals surface area contributed by atoms with Gasteiger partial charge in [0.25, 0.3) is 0 Å². The lowest BCUT2D eigenvalue weighted by Crippen LogP contribution is -1.98. The van der Waals surface area contributed by atoms with E-state index in [1.54, 1.807) is 11.8 Å². The molecule has 0 radical (unpaired) electrons. The zero-order chi connectivity index (χ0) is 13.7. The molecule has 19 heavy (non-hydrogen) atoms. The van der Waals surface area contributed by atoms with Gasteiger partial charge in [-0.25, -0.2) is 0 Å². The Kier molecular flexibility index (Phi) is 4.58. The molecule has 0 aliphatic heterocycles. The maximum Gasteiger partial charge on any atom is 0.144 e. The number of thioether (sulfide) groups is 1. The van der Waals surface area contributed by atoms with E-state index in [9.17, 15) is 0 Å². The minimum atomic E-state index is 0.607. The highest BCUT2D eigenvalue weighted by Gasteiger charge is 2.02. The van der Waals surface area contributed by atoms with Gasteiger partial charge in [0.05, 0.1) is 12.3 Å². The Morgan fingerprint density at radius 2 is 1.95 bits per heavy atom. The first kappa shape index (κ1) is 13.6. The molecule has 4 heteroatoms. The summed E-state index contributed by atoms with van der Waals surface area (Å²) in [5.41, 5.74) is 8.54. The van der Waals surface area contributed by atoms with Crippen LogP contribution in [0.3, 0.4) is 0 Å². The molecule has 3 N–H and O–H groups in total. The average Bonchev–Trinajstić information content (AvgIpc) is 2.43. The normalized spacial score (nSPS) is 10.2. The highest BCUT2D eigenvalue weighted by molar-refractivity contribution is 7.98. The number of nitrogens with one attached hydrogen (secondary N) is 1. The third-order valence-corrected chi connectivity index (χ3v) is 3.40. The van der Waals surface area contributed by atoms with Crippen LogP contribution >= 0.6 is 11.8 Å². The van der Waals surface area contributed by atoms with Crippen molar-refractivity contribution in [2.45, 2.75) is 11.8 Å². The molecule has 0 aliphatic rings. The topological polar surface area (TPSA) is 47.3 Å². The van der Waals surface area contributed by atoms with Crippen LogP contribution in [-0.4, -0.2) is 12.9 Å². The Balaban J connectivity index is 2.20. The van der Waals surface area contributed by atoms with Gasteiger partial charge in [0.15, 0.2) is 0 Å².